The van der Waals surface area contributed by atoms with E-state index in [0.29, 0.717) is 23.0 Å². The van der Waals surface area contributed by atoms with Gasteiger partial charge in [0.2, 0.25) is 0 Å². The van der Waals surface area contributed by atoms with Crippen molar-refractivity contribution in [3.8, 4) is 11.5 Å². The molecule has 0 saturated carbocycles. The van der Waals surface area contributed by atoms with Crippen molar-refractivity contribution in [2.75, 3.05) is 13.6 Å². The predicted octanol–water partition coefficient (Wildman–Crippen LogP) is 7.31. The number of halogens is 2. The number of aliphatic carboxylic acids is 1. The largest absolute Gasteiger partial charge is 0.486 e. The van der Waals surface area contributed by atoms with E-state index in [1.54, 1.807) is 6.07 Å². The molecular weight excluding hydrogens is 547 g/mol. The van der Waals surface area contributed by atoms with Crippen LogP contribution in [-0.4, -0.2) is 46.6 Å². The zero-order valence-electron chi connectivity index (χ0n) is 23.4. The van der Waals surface area contributed by atoms with Crippen molar-refractivity contribution in [2.24, 2.45) is 0 Å². The molecule has 0 unspecified atom stereocenters. The summed E-state index contributed by atoms with van der Waals surface area (Å²) in [5.41, 5.74) is 5.40. The summed E-state index contributed by atoms with van der Waals surface area (Å²) in [6.07, 6.45) is 1.02. The number of benzene rings is 3. The van der Waals surface area contributed by atoms with Crippen LogP contribution in [0, 0.1) is 0 Å². The van der Waals surface area contributed by atoms with Gasteiger partial charge in [0.1, 0.15) is 29.7 Å². The molecule has 3 aromatic rings. The lowest BCUT2D eigenvalue weighted by Crippen LogP contribution is -2.48. The number of rotatable bonds is 7. The Kier molecular flexibility index (Phi) is 8.62. The van der Waals surface area contributed by atoms with E-state index in [1.807, 2.05) is 38.1 Å². The van der Waals surface area contributed by atoms with E-state index in [-0.39, 0.29) is 18.2 Å². The Balaban J connectivity index is 1.35. The molecule has 2 aliphatic heterocycles. The normalized spacial score (nSPS) is 20.3. The van der Waals surface area contributed by atoms with Gasteiger partial charge in [-0.2, -0.15) is 0 Å². The molecule has 5 rings (SSSR count). The molecule has 212 valence electrons. The van der Waals surface area contributed by atoms with Gasteiger partial charge in [-0.25, -0.2) is 0 Å². The fourth-order valence-electron chi connectivity index (χ4n) is 5.72. The highest BCUT2D eigenvalue weighted by Crippen LogP contribution is 2.37. The molecule has 0 spiro atoms. The van der Waals surface area contributed by atoms with E-state index in [4.69, 9.17) is 32.7 Å². The highest BCUT2D eigenvalue weighted by molar-refractivity contribution is 6.42. The minimum atomic E-state index is -0.766. The molecule has 0 bridgehead atoms. The quantitative estimate of drug-likeness (QED) is 0.315. The topological polar surface area (TPSA) is 62.2 Å². The number of carboxylic acid groups (broad SMARTS) is 1. The maximum atomic E-state index is 12.0. The van der Waals surface area contributed by atoms with Crippen LogP contribution in [-0.2, 0) is 24.3 Å². The van der Waals surface area contributed by atoms with E-state index in [9.17, 15) is 9.90 Å². The smallest absolute Gasteiger partial charge is 0.321 e. The average Bonchev–Trinajstić information content (AvgIpc) is 3.08. The number of fused-ring (bicyclic) bond motifs is 2. The number of ether oxygens (including phenoxy) is 2. The summed E-state index contributed by atoms with van der Waals surface area (Å²) in [6, 6.07) is 17.6. The van der Waals surface area contributed by atoms with Gasteiger partial charge in [0, 0.05) is 31.2 Å². The van der Waals surface area contributed by atoms with Gasteiger partial charge in [0.05, 0.1) is 10.0 Å². The maximum absolute atomic E-state index is 12.0. The van der Waals surface area contributed by atoms with Crippen LogP contribution in [0.15, 0.2) is 54.6 Å². The number of hydrogen-bond donors (Lipinski definition) is 1. The third kappa shape index (κ3) is 6.10. The van der Waals surface area contributed by atoms with Crippen molar-refractivity contribution >= 4 is 29.2 Å². The summed E-state index contributed by atoms with van der Waals surface area (Å²) in [6.45, 7) is 8.25. The van der Waals surface area contributed by atoms with Crippen molar-refractivity contribution in [3.63, 3.8) is 0 Å². The molecular formula is C32H36Cl2N2O4. The third-order valence-electron chi connectivity index (χ3n) is 7.90. The Morgan fingerprint density at radius 2 is 1.77 bits per heavy atom. The standard InChI is InChI=1S/C32H36Cl2N2O4/c1-5-29(21-8-11-26(33)27(34)13-21)39-25-9-6-20(7-10-25)31-18-35(4)16-24-12-22-14-28(32(37)38)36(19(2)3)17-23(22)15-30(24)40-31/h6-13,15,19,28-29,31H,5,14,16-18H2,1-4H3,(H,37,38)/t28-,29+,31+/m0/s1. The van der Waals surface area contributed by atoms with Crippen molar-refractivity contribution < 1.29 is 19.4 Å². The van der Waals surface area contributed by atoms with E-state index in [1.165, 1.54) is 0 Å². The fraction of sp³-hybridized carbons (Fsp3) is 0.406. The van der Waals surface area contributed by atoms with Gasteiger partial charge in [-0.1, -0.05) is 54.4 Å². The lowest BCUT2D eigenvalue weighted by Gasteiger charge is -2.37. The SMILES string of the molecule is CC[C@@H](Oc1ccc([C@H]2CN(C)Cc3cc4c(cc3O2)CN(C(C)C)[C@H](C(=O)O)C4)cc1)c1ccc(Cl)c(Cl)c1. The van der Waals surface area contributed by atoms with Crippen LogP contribution in [0.3, 0.4) is 0 Å². The molecule has 0 amide bonds. The average molecular weight is 584 g/mol. The maximum Gasteiger partial charge on any atom is 0.321 e. The lowest BCUT2D eigenvalue weighted by molar-refractivity contribution is -0.144. The van der Waals surface area contributed by atoms with Crippen LogP contribution in [0.4, 0.5) is 0 Å². The van der Waals surface area contributed by atoms with Crippen LogP contribution < -0.4 is 9.47 Å². The Morgan fingerprint density at radius 1 is 1.02 bits per heavy atom. The van der Waals surface area contributed by atoms with Gasteiger partial charge in [-0.3, -0.25) is 14.6 Å². The van der Waals surface area contributed by atoms with E-state index in [2.05, 4.69) is 48.0 Å². The van der Waals surface area contributed by atoms with Crippen molar-refractivity contribution in [2.45, 2.75) is 71.0 Å². The van der Waals surface area contributed by atoms with Crippen LogP contribution >= 0.6 is 23.2 Å². The van der Waals surface area contributed by atoms with E-state index >= 15 is 0 Å². The Morgan fingerprint density at radius 3 is 2.42 bits per heavy atom. The van der Waals surface area contributed by atoms with E-state index < -0.39 is 12.0 Å². The second kappa shape index (κ2) is 12.0. The van der Waals surface area contributed by atoms with Gasteiger partial charge in [-0.05, 0) is 86.3 Å². The van der Waals surface area contributed by atoms with E-state index in [0.717, 1.165) is 58.8 Å². The number of likely N-dealkylation sites (N-methyl/N-ethyl adjacent to an activating group) is 1. The molecule has 0 saturated heterocycles. The molecule has 3 aromatic carbocycles. The first-order valence-electron chi connectivity index (χ1n) is 13.8. The lowest BCUT2D eigenvalue weighted by atomic mass is 9.91. The molecule has 3 atom stereocenters. The highest BCUT2D eigenvalue weighted by Gasteiger charge is 2.34. The van der Waals surface area contributed by atoms with Gasteiger partial charge >= 0.3 is 5.97 Å². The molecule has 0 aliphatic carbocycles. The minimum Gasteiger partial charge on any atom is -0.486 e. The van der Waals surface area contributed by atoms with Crippen LogP contribution in [0.25, 0.3) is 0 Å². The molecule has 0 fully saturated rings. The Labute approximate surface area is 246 Å². The molecule has 1 N–H and O–H groups in total. The predicted molar refractivity (Wildman–Crippen MR) is 159 cm³/mol. The summed E-state index contributed by atoms with van der Waals surface area (Å²) in [7, 11) is 2.09. The number of carbonyl (C=O) groups is 1. The molecule has 6 nitrogen and oxygen atoms in total. The fourth-order valence-corrected chi connectivity index (χ4v) is 6.03. The molecule has 0 radical (unpaired) electrons. The summed E-state index contributed by atoms with van der Waals surface area (Å²) in [5, 5.41) is 10.9. The first-order valence-corrected chi connectivity index (χ1v) is 14.6. The highest BCUT2D eigenvalue weighted by atomic mass is 35.5. The number of carboxylic acids is 1. The number of hydrogen-bond acceptors (Lipinski definition) is 5. The third-order valence-corrected chi connectivity index (χ3v) is 8.64. The molecule has 0 aromatic heterocycles. The summed E-state index contributed by atoms with van der Waals surface area (Å²) < 4.78 is 12.9. The van der Waals surface area contributed by atoms with Crippen LogP contribution in [0.5, 0.6) is 11.5 Å². The summed E-state index contributed by atoms with van der Waals surface area (Å²) in [5.74, 6) is 0.883. The van der Waals surface area contributed by atoms with Crippen molar-refractivity contribution in [3.05, 3.63) is 92.5 Å². The van der Waals surface area contributed by atoms with Crippen LogP contribution in [0.2, 0.25) is 10.0 Å². The molecule has 2 aliphatic rings. The zero-order chi connectivity index (χ0) is 28.6. The van der Waals surface area contributed by atoms with Gasteiger partial charge in [0.15, 0.2) is 0 Å². The molecule has 8 heteroatoms. The summed E-state index contributed by atoms with van der Waals surface area (Å²) in [4.78, 5) is 16.3. The van der Waals surface area contributed by atoms with Gasteiger partial charge in [-0.15, -0.1) is 0 Å². The Hall–Kier alpha value is -2.77. The van der Waals surface area contributed by atoms with Crippen molar-refractivity contribution in [1.29, 1.82) is 0 Å². The molecule has 40 heavy (non-hydrogen) atoms. The van der Waals surface area contributed by atoms with Gasteiger partial charge in [0.25, 0.3) is 0 Å². The summed E-state index contributed by atoms with van der Waals surface area (Å²) >= 11 is 12.3. The molecule has 2 heterocycles. The Bertz CT molecular complexity index is 1380. The van der Waals surface area contributed by atoms with Crippen molar-refractivity contribution in [1.82, 2.24) is 9.80 Å². The first-order chi connectivity index (χ1) is 19.1. The van der Waals surface area contributed by atoms with Crippen LogP contribution in [0.1, 0.15) is 67.2 Å². The zero-order valence-corrected chi connectivity index (χ0v) is 24.9. The van der Waals surface area contributed by atoms with Gasteiger partial charge < -0.3 is 14.6 Å². The monoisotopic (exact) mass is 582 g/mol. The second-order valence-electron chi connectivity index (χ2n) is 11.1. The second-order valence-corrected chi connectivity index (χ2v) is 11.9. The minimum absolute atomic E-state index is 0.134. The number of nitrogens with zero attached hydrogens (tertiary/aromatic N) is 2. The first kappa shape index (κ1) is 28.7.